The number of thiazole rings is 1. The predicted molar refractivity (Wildman–Crippen MR) is 219 cm³/mol. The van der Waals surface area contributed by atoms with Crippen LogP contribution in [0, 0.1) is 5.41 Å². The number of aliphatic hydroxyl groups is 1. The third kappa shape index (κ3) is 8.26. The molecule has 2 saturated heterocycles. The number of hydrogen-bond donors (Lipinski definition) is 6. The van der Waals surface area contributed by atoms with Crippen LogP contribution in [0.2, 0.25) is 0 Å². The Morgan fingerprint density at radius 1 is 1.16 bits per heavy atom. The Hall–Kier alpha value is -5.45. The van der Waals surface area contributed by atoms with Crippen molar-refractivity contribution in [1.82, 2.24) is 36.2 Å². The van der Waals surface area contributed by atoms with Gasteiger partial charge in [0.05, 0.1) is 11.2 Å². The lowest BCUT2D eigenvalue weighted by Crippen LogP contribution is -2.74. The summed E-state index contributed by atoms with van der Waals surface area (Å²) in [5, 5.41) is 21.5. The number of aliphatic hydroxyl groups excluding tert-OH is 1. The molecular formula is C37H41N11O7S3. The largest absolute Gasteiger partial charge is 0.452 e. The van der Waals surface area contributed by atoms with E-state index in [1.165, 1.54) is 47.8 Å². The number of carbonyl (C=O) groups is 4. The minimum Gasteiger partial charge on any atom is -0.452 e. The van der Waals surface area contributed by atoms with E-state index in [0.717, 1.165) is 33.2 Å². The number of amides is 3. The lowest BCUT2D eigenvalue weighted by molar-refractivity contribution is -0.164. The Kier molecular flexibility index (Phi) is 11.8. The van der Waals surface area contributed by atoms with Crippen molar-refractivity contribution in [2.24, 2.45) is 21.4 Å². The molecule has 58 heavy (non-hydrogen) atoms. The van der Waals surface area contributed by atoms with E-state index in [1.54, 1.807) is 16.1 Å². The van der Waals surface area contributed by atoms with Crippen LogP contribution in [-0.2, 0) is 28.8 Å². The highest BCUT2D eigenvalue weighted by molar-refractivity contribution is 8.03. The molecule has 3 amide bonds. The van der Waals surface area contributed by atoms with Gasteiger partial charge in [-0.3, -0.25) is 29.6 Å². The van der Waals surface area contributed by atoms with Crippen molar-refractivity contribution in [2.75, 3.05) is 30.5 Å². The van der Waals surface area contributed by atoms with Crippen LogP contribution in [-0.4, -0.2) is 102 Å². The summed E-state index contributed by atoms with van der Waals surface area (Å²) >= 11 is 3.80. The molecule has 4 aliphatic rings. The van der Waals surface area contributed by atoms with Gasteiger partial charge in [-0.25, -0.2) is 20.8 Å². The van der Waals surface area contributed by atoms with Crippen molar-refractivity contribution in [1.29, 1.82) is 0 Å². The summed E-state index contributed by atoms with van der Waals surface area (Å²) in [5.74, 6) is 3.90. The van der Waals surface area contributed by atoms with Gasteiger partial charge in [-0.1, -0.05) is 65.8 Å². The zero-order valence-electron chi connectivity index (χ0n) is 31.5. The summed E-state index contributed by atoms with van der Waals surface area (Å²) in [6, 6.07) is 17.9. The topological polar surface area (TPSA) is 242 Å². The highest BCUT2D eigenvalue weighted by atomic mass is 32.2. The molecule has 0 aliphatic carbocycles. The van der Waals surface area contributed by atoms with E-state index in [1.807, 2.05) is 79.1 Å². The number of anilines is 1. The fourth-order valence-corrected chi connectivity index (χ4v) is 9.86. The van der Waals surface area contributed by atoms with E-state index >= 15 is 0 Å². The van der Waals surface area contributed by atoms with Crippen molar-refractivity contribution in [2.45, 2.75) is 43.9 Å². The first-order chi connectivity index (χ1) is 27.8. The Bertz CT molecular complexity index is 2160. The number of aliphatic imine (C=N–C) groups is 1. The fourth-order valence-electron chi connectivity index (χ4n) is 6.39. The quantitative estimate of drug-likeness (QED) is 0.0338. The van der Waals surface area contributed by atoms with Gasteiger partial charge >= 0.3 is 5.97 Å². The van der Waals surface area contributed by atoms with E-state index < -0.39 is 52.2 Å². The third-order valence-corrected chi connectivity index (χ3v) is 13.1. The molecule has 5 heterocycles. The number of carbonyl (C=O) groups excluding carboxylic acids is 4. The van der Waals surface area contributed by atoms with Gasteiger partial charge in [0, 0.05) is 29.1 Å². The van der Waals surface area contributed by atoms with Crippen LogP contribution >= 0.6 is 34.9 Å². The molecule has 304 valence electrons. The molecule has 2 fully saturated rings. The van der Waals surface area contributed by atoms with Gasteiger partial charge in [0.2, 0.25) is 11.5 Å². The number of ether oxygens (including phenoxy) is 1. The van der Waals surface area contributed by atoms with Crippen LogP contribution in [0.5, 0.6) is 0 Å². The van der Waals surface area contributed by atoms with Crippen LogP contribution in [0.3, 0.4) is 0 Å². The maximum atomic E-state index is 14.8. The van der Waals surface area contributed by atoms with E-state index in [2.05, 4.69) is 26.0 Å². The SMILES string of the molecule is CC1=NC2=CN(CO)NN2C(SCC2(C(=O)OC(c3ccccc3)c3ccccc3)CS[C@@H]3C(NC(=O)C(=NOC(C)(C)C(=O)NN)c4csc(N)n4)C(=O)N3C2)=C1. The number of hydrazine groups is 3. The number of oxime groups is 1. The average Bonchev–Trinajstić information content (AvgIpc) is 3.86. The molecule has 4 aliphatic heterocycles. The first-order valence-corrected chi connectivity index (χ1v) is 20.8. The van der Waals surface area contributed by atoms with Gasteiger partial charge in [0.1, 0.15) is 29.3 Å². The number of β-lactam (4-membered cyclic amide) rings is 1. The fraction of sp³-hybridized carbons (Fsp3) is 0.324. The van der Waals surface area contributed by atoms with E-state index in [0.29, 0.717) is 5.82 Å². The number of benzene rings is 2. The minimum atomic E-state index is -1.56. The molecular weight excluding hydrogens is 807 g/mol. The third-order valence-electron chi connectivity index (χ3n) is 9.54. The van der Waals surface area contributed by atoms with Crippen LogP contribution in [0.25, 0.3) is 0 Å². The number of allylic oxidation sites excluding steroid dienone is 1. The van der Waals surface area contributed by atoms with Gasteiger partial charge in [0.15, 0.2) is 22.8 Å². The zero-order chi connectivity index (χ0) is 41.2. The minimum absolute atomic E-state index is 0.00626. The van der Waals surface area contributed by atoms with E-state index in [-0.39, 0.29) is 41.3 Å². The lowest BCUT2D eigenvalue weighted by atomic mass is 9.88. The first kappa shape index (κ1) is 40.7. The van der Waals surface area contributed by atoms with Gasteiger partial charge in [-0.05, 0) is 38.0 Å². The molecule has 8 N–H and O–H groups in total. The number of nitrogen functional groups attached to an aromatic ring is 1. The second-order valence-corrected chi connectivity index (χ2v) is 17.1. The Morgan fingerprint density at radius 3 is 2.47 bits per heavy atom. The van der Waals surface area contributed by atoms with Gasteiger partial charge in [-0.2, -0.15) is 0 Å². The highest BCUT2D eigenvalue weighted by Crippen LogP contribution is 2.47. The first-order valence-electron chi connectivity index (χ1n) is 17.9. The summed E-state index contributed by atoms with van der Waals surface area (Å²) in [7, 11) is 0. The number of esters is 1. The number of aromatic nitrogens is 1. The lowest BCUT2D eigenvalue weighted by Gasteiger charge is -2.54. The molecule has 3 atom stereocenters. The maximum Gasteiger partial charge on any atom is 0.316 e. The molecule has 0 saturated carbocycles. The standard InChI is InChI=1S/C37H41N11O7S3/c1-21-14-26(48-25(40-21)15-46(20-49)45-48)57-18-37(34(53)54-29(22-10-6-4-7-11-22)23-12-8-5-9-13-23)17-47-31(51)28(32(47)58-19-37)42-30(50)27(24-16-56-35(38)41-24)44-55-36(2,3)33(52)43-39/h4-16,28-29,32,45,49H,17-20,39H2,1-3H3,(H2,38,41)(H,42,50)(H,43,52)/t28?,32-,37?/m1/s1. The molecule has 0 radical (unpaired) electrons. The number of nitrogens with zero attached hydrogens (tertiary/aromatic N) is 6. The normalized spacial score (nSPS) is 21.6. The number of fused-ring (bicyclic) bond motifs is 2. The number of hydrogen-bond acceptors (Lipinski definition) is 18. The smallest absolute Gasteiger partial charge is 0.316 e. The zero-order valence-corrected chi connectivity index (χ0v) is 34.0. The van der Waals surface area contributed by atoms with Crippen molar-refractivity contribution in [3.8, 4) is 0 Å². The number of thioether (sulfide) groups is 2. The van der Waals surface area contributed by atoms with Crippen molar-refractivity contribution < 1.29 is 33.9 Å². The summed E-state index contributed by atoms with van der Waals surface area (Å²) in [5.41, 5.74) is 10.2. The van der Waals surface area contributed by atoms with Gasteiger partial charge in [0.25, 0.3) is 11.8 Å². The number of nitrogens with one attached hydrogen (secondary N) is 3. The maximum absolute atomic E-state index is 14.8. The average molecular weight is 848 g/mol. The molecule has 0 bridgehead atoms. The Morgan fingerprint density at radius 2 is 1.84 bits per heavy atom. The monoisotopic (exact) mass is 847 g/mol. The molecule has 3 aromatic rings. The Balaban J connectivity index is 1.14. The molecule has 7 rings (SSSR count). The van der Waals surface area contributed by atoms with E-state index in [9.17, 15) is 24.3 Å². The van der Waals surface area contributed by atoms with Crippen LogP contribution in [0.15, 0.2) is 99.3 Å². The number of rotatable bonds is 14. The van der Waals surface area contributed by atoms with Gasteiger partial charge < -0.3 is 30.6 Å². The summed E-state index contributed by atoms with van der Waals surface area (Å²) in [6.07, 6.45) is 2.81. The molecule has 2 unspecified atom stereocenters. The second kappa shape index (κ2) is 16.8. The van der Waals surface area contributed by atoms with Crippen molar-refractivity contribution in [3.05, 3.63) is 106 Å². The number of nitrogens with two attached hydrogens (primary N) is 2. The van der Waals surface area contributed by atoms with Crippen molar-refractivity contribution >= 4 is 75.1 Å². The Labute approximate surface area is 345 Å². The second-order valence-electron chi connectivity index (χ2n) is 14.2. The molecule has 21 heteroatoms. The summed E-state index contributed by atoms with van der Waals surface area (Å²) in [6.45, 7) is 4.39. The highest BCUT2D eigenvalue weighted by Gasteiger charge is 2.58. The summed E-state index contributed by atoms with van der Waals surface area (Å²) < 4.78 is 6.46. The molecule has 18 nitrogen and oxygen atoms in total. The molecule has 0 spiro atoms. The van der Waals surface area contributed by atoms with Gasteiger partial charge in [-0.15, -0.1) is 40.4 Å². The molecule has 2 aromatic carbocycles. The predicted octanol–water partition coefficient (Wildman–Crippen LogP) is 1.77. The summed E-state index contributed by atoms with van der Waals surface area (Å²) in [4.78, 5) is 70.5. The van der Waals surface area contributed by atoms with Crippen LogP contribution in [0.4, 0.5) is 5.13 Å². The van der Waals surface area contributed by atoms with Crippen LogP contribution < -0.4 is 27.9 Å². The van der Waals surface area contributed by atoms with Crippen molar-refractivity contribution in [3.63, 3.8) is 0 Å². The van der Waals surface area contributed by atoms with E-state index in [4.69, 9.17) is 21.2 Å². The molecule has 1 aromatic heterocycles. The van der Waals surface area contributed by atoms with Crippen LogP contribution in [0.1, 0.15) is 43.7 Å².